The first-order valence-electron chi connectivity index (χ1n) is 7.42. The maximum atomic E-state index is 11.4. The van der Waals surface area contributed by atoms with Crippen LogP contribution in [0.4, 0.5) is 0 Å². The topological polar surface area (TPSA) is 29.1 Å². The van der Waals surface area contributed by atoms with Crippen LogP contribution in [0.2, 0.25) is 0 Å². The first-order chi connectivity index (χ1) is 9.22. The Hall–Kier alpha value is -0.670. The Bertz CT molecular complexity index is 405. The summed E-state index contributed by atoms with van der Waals surface area (Å²) in [6, 6.07) is 9.93. The summed E-state index contributed by atoms with van der Waals surface area (Å²) in [6.45, 7) is 4.42. The van der Waals surface area contributed by atoms with Crippen molar-refractivity contribution in [2.75, 3.05) is 11.5 Å². The second-order valence-electron chi connectivity index (χ2n) is 5.34. The largest absolute Gasteiger partial charge is 0.307 e. The number of hydrogen-bond donors (Lipinski definition) is 1. The van der Waals surface area contributed by atoms with Crippen molar-refractivity contribution in [1.82, 2.24) is 5.32 Å². The Morgan fingerprint density at radius 1 is 1.21 bits per heavy atom. The predicted octanol–water partition coefficient (Wildman–Crippen LogP) is 3.20. The quantitative estimate of drug-likeness (QED) is 0.897. The van der Waals surface area contributed by atoms with E-state index >= 15 is 0 Å². The van der Waals surface area contributed by atoms with Crippen LogP contribution in [-0.4, -0.2) is 21.8 Å². The number of aryl methyl sites for hydroxylation is 1. The second-order valence-corrected chi connectivity index (χ2v) is 7.04. The number of benzene rings is 1. The molecule has 1 unspecified atom stereocenters. The summed E-state index contributed by atoms with van der Waals surface area (Å²) in [7, 11) is -0.567. The third-order valence-corrected chi connectivity index (χ3v) is 5.41. The summed E-state index contributed by atoms with van der Waals surface area (Å²) in [5.41, 5.74) is 2.78. The number of nitrogens with one attached hydrogen (secondary N) is 1. The number of hydrogen-bond acceptors (Lipinski definition) is 2. The Kier molecular flexibility index (Phi) is 5.59. The van der Waals surface area contributed by atoms with Crippen molar-refractivity contribution in [1.29, 1.82) is 0 Å². The molecule has 1 aromatic rings. The minimum Gasteiger partial charge on any atom is -0.307 e. The van der Waals surface area contributed by atoms with Gasteiger partial charge in [0.15, 0.2) is 0 Å². The molecule has 3 heteroatoms. The van der Waals surface area contributed by atoms with Crippen LogP contribution in [0, 0.1) is 0 Å². The predicted molar refractivity (Wildman–Crippen MR) is 82.9 cm³/mol. The standard InChI is InChI=1S/C16H25NOS/c1-3-13-5-7-14(8-6-13)16(4-2)17-15-9-11-19(18)12-10-15/h5-8,15-17H,3-4,9-12H2,1-2H3. The van der Waals surface area contributed by atoms with E-state index in [0.29, 0.717) is 12.1 Å². The molecule has 0 saturated carbocycles. The van der Waals surface area contributed by atoms with Crippen LogP contribution in [0.5, 0.6) is 0 Å². The maximum Gasteiger partial charge on any atom is 0.0320 e. The zero-order valence-corrected chi connectivity index (χ0v) is 12.8. The zero-order chi connectivity index (χ0) is 13.7. The van der Waals surface area contributed by atoms with Gasteiger partial charge in [-0.1, -0.05) is 38.1 Å². The van der Waals surface area contributed by atoms with Gasteiger partial charge in [0.25, 0.3) is 0 Å². The van der Waals surface area contributed by atoms with E-state index in [4.69, 9.17) is 0 Å². The summed E-state index contributed by atoms with van der Waals surface area (Å²) in [4.78, 5) is 0. The molecule has 19 heavy (non-hydrogen) atoms. The fraction of sp³-hybridized carbons (Fsp3) is 0.625. The summed E-state index contributed by atoms with van der Waals surface area (Å²) in [5.74, 6) is 1.73. The first-order valence-corrected chi connectivity index (χ1v) is 8.91. The van der Waals surface area contributed by atoms with Crippen LogP contribution < -0.4 is 5.32 Å². The molecule has 1 N–H and O–H groups in total. The lowest BCUT2D eigenvalue weighted by molar-refractivity contribution is 0.403. The van der Waals surface area contributed by atoms with Crippen LogP contribution >= 0.6 is 0 Å². The van der Waals surface area contributed by atoms with Crippen LogP contribution in [0.25, 0.3) is 0 Å². The Balaban J connectivity index is 1.96. The van der Waals surface area contributed by atoms with E-state index in [1.165, 1.54) is 11.1 Å². The molecule has 1 saturated heterocycles. The lowest BCUT2D eigenvalue weighted by Gasteiger charge is -2.28. The highest BCUT2D eigenvalue weighted by molar-refractivity contribution is 7.85. The van der Waals surface area contributed by atoms with Gasteiger partial charge in [-0.15, -0.1) is 0 Å². The second kappa shape index (κ2) is 7.20. The van der Waals surface area contributed by atoms with Gasteiger partial charge in [-0.25, -0.2) is 0 Å². The molecule has 1 fully saturated rings. The smallest absolute Gasteiger partial charge is 0.0320 e. The highest BCUT2D eigenvalue weighted by Crippen LogP contribution is 2.21. The molecule has 0 radical (unpaired) electrons. The average molecular weight is 279 g/mol. The van der Waals surface area contributed by atoms with Crippen molar-refractivity contribution in [3.05, 3.63) is 35.4 Å². The Labute approximate surface area is 119 Å². The summed E-state index contributed by atoms with van der Waals surface area (Å²) < 4.78 is 11.4. The van der Waals surface area contributed by atoms with Crippen molar-refractivity contribution >= 4 is 10.8 Å². The van der Waals surface area contributed by atoms with E-state index in [9.17, 15) is 4.21 Å². The normalized spacial score (nSPS) is 25.2. The zero-order valence-electron chi connectivity index (χ0n) is 12.0. The third kappa shape index (κ3) is 4.15. The van der Waals surface area contributed by atoms with Crippen molar-refractivity contribution in [3.8, 4) is 0 Å². The molecule has 1 aliphatic rings. The van der Waals surface area contributed by atoms with E-state index in [2.05, 4.69) is 43.4 Å². The SMILES string of the molecule is CCc1ccc(C(CC)NC2CCS(=O)CC2)cc1. The van der Waals surface area contributed by atoms with Crippen LogP contribution in [0.3, 0.4) is 0 Å². The molecule has 0 spiro atoms. The Morgan fingerprint density at radius 2 is 1.84 bits per heavy atom. The van der Waals surface area contributed by atoms with Gasteiger partial charge in [0.05, 0.1) is 0 Å². The molecule has 106 valence electrons. The molecule has 1 aromatic carbocycles. The van der Waals surface area contributed by atoms with Crippen molar-refractivity contribution in [2.24, 2.45) is 0 Å². The van der Waals surface area contributed by atoms with Gasteiger partial charge in [0.2, 0.25) is 0 Å². The lowest BCUT2D eigenvalue weighted by Crippen LogP contribution is -2.37. The highest BCUT2D eigenvalue weighted by Gasteiger charge is 2.20. The Morgan fingerprint density at radius 3 is 2.37 bits per heavy atom. The summed E-state index contributed by atoms with van der Waals surface area (Å²) in [5, 5.41) is 3.75. The van der Waals surface area contributed by atoms with Gasteiger partial charge >= 0.3 is 0 Å². The number of rotatable bonds is 5. The van der Waals surface area contributed by atoms with Crippen molar-refractivity contribution < 1.29 is 4.21 Å². The fourth-order valence-electron chi connectivity index (χ4n) is 2.68. The van der Waals surface area contributed by atoms with Crippen molar-refractivity contribution in [2.45, 2.75) is 51.6 Å². The van der Waals surface area contributed by atoms with E-state index in [-0.39, 0.29) is 0 Å². The van der Waals surface area contributed by atoms with E-state index in [1.807, 2.05) is 0 Å². The van der Waals surface area contributed by atoms with Crippen LogP contribution in [0.1, 0.15) is 50.3 Å². The first kappa shape index (κ1) is 14.7. The highest BCUT2D eigenvalue weighted by atomic mass is 32.2. The molecular weight excluding hydrogens is 254 g/mol. The molecule has 0 aliphatic carbocycles. The van der Waals surface area contributed by atoms with E-state index in [0.717, 1.165) is 37.2 Å². The van der Waals surface area contributed by atoms with Gasteiger partial charge < -0.3 is 5.32 Å². The average Bonchev–Trinajstić information content (AvgIpc) is 2.47. The van der Waals surface area contributed by atoms with Gasteiger partial charge in [-0.2, -0.15) is 0 Å². The van der Waals surface area contributed by atoms with Gasteiger partial charge in [0, 0.05) is 34.4 Å². The minimum absolute atomic E-state index is 0.433. The maximum absolute atomic E-state index is 11.4. The molecular formula is C16H25NOS. The third-order valence-electron chi connectivity index (χ3n) is 4.02. The molecule has 0 aromatic heterocycles. The molecule has 2 rings (SSSR count). The van der Waals surface area contributed by atoms with Crippen LogP contribution in [0.15, 0.2) is 24.3 Å². The molecule has 0 amide bonds. The van der Waals surface area contributed by atoms with Gasteiger partial charge in [0.1, 0.15) is 0 Å². The molecule has 1 aliphatic heterocycles. The minimum atomic E-state index is -0.567. The fourth-order valence-corrected chi connectivity index (χ4v) is 3.98. The molecule has 2 nitrogen and oxygen atoms in total. The molecule has 1 atom stereocenters. The molecule has 1 heterocycles. The van der Waals surface area contributed by atoms with E-state index < -0.39 is 10.8 Å². The lowest BCUT2D eigenvalue weighted by atomic mass is 10.00. The van der Waals surface area contributed by atoms with Crippen molar-refractivity contribution in [3.63, 3.8) is 0 Å². The van der Waals surface area contributed by atoms with Gasteiger partial charge in [-0.05, 0) is 36.8 Å². The monoisotopic (exact) mass is 279 g/mol. The van der Waals surface area contributed by atoms with Crippen LogP contribution in [-0.2, 0) is 17.2 Å². The van der Waals surface area contributed by atoms with E-state index in [1.54, 1.807) is 0 Å². The van der Waals surface area contributed by atoms with Gasteiger partial charge in [-0.3, -0.25) is 4.21 Å². The summed E-state index contributed by atoms with van der Waals surface area (Å²) >= 11 is 0. The molecule has 0 bridgehead atoms. The summed E-state index contributed by atoms with van der Waals surface area (Å²) in [6.07, 6.45) is 4.30.